The van der Waals surface area contributed by atoms with Crippen LogP contribution in [-0.2, 0) is 23.2 Å². The zero-order valence-electron chi connectivity index (χ0n) is 20.9. The highest BCUT2D eigenvalue weighted by Gasteiger charge is 2.39. The first-order chi connectivity index (χ1) is 17.0. The number of benzene rings is 3. The Bertz CT molecular complexity index is 1350. The zero-order valence-corrected chi connectivity index (χ0v) is 22.7. The van der Waals surface area contributed by atoms with Crippen LogP contribution in [-0.4, -0.2) is 32.4 Å². The van der Waals surface area contributed by atoms with E-state index in [0.717, 1.165) is 31.3 Å². The van der Waals surface area contributed by atoms with Gasteiger partial charge in [0, 0.05) is 20.3 Å². The summed E-state index contributed by atoms with van der Waals surface area (Å²) >= 11 is 0. The highest BCUT2D eigenvalue weighted by molar-refractivity contribution is 7.91. The number of hydrogen-bond donors (Lipinski definition) is 2. The first-order valence-electron chi connectivity index (χ1n) is 11.9. The van der Waals surface area contributed by atoms with Gasteiger partial charge < -0.3 is 15.6 Å². The van der Waals surface area contributed by atoms with Gasteiger partial charge in [0.05, 0.1) is 6.20 Å². The molecule has 1 heterocycles. The predicted molar refractivity (Wildman–Crippen MR) is 148 cm³/mol. The zero-order chi connectivity index (χ0) is 25.9. The van der Waals surface area contributed by atoms with Gasteiger partial charge >= 0.3 is 10.2 Å². The molecule has 0 saturated heterocycles. The van der Waals surface area contributed by atoms with E-state index in [1.807, 2.05) is 66.7 Å². The normalized spacial score (nSPS) is 15.1. The van der Waals surface area contributed by atoms with E-state index in [1.54, 1.807) is 6.07 Å². The predicted octanol–water partition coefficient (Wildman–Crippen LogP) is 5.50. The summed E-state index contributed by atoms with van der Waals surface area (Å²) in [5.41, 5.74) is 10.0. The molecule has 0 saturated carbocycles. The fraction of sp³-hybridized carbons (Fsp3) is 0.259. The average molecular weight is 524 g/mol. The Morgan fingerprint density at radius 2 is 1.64 bits per heavy atom. The number of aliphatic hydroxyl groups excluding tert-OH is 1. The van der Waals surface area contributed by atoms with Crippen LogP contribution >= 0.6 is 0 Å². The fourth-order valence-electron chi connectivity index (χ4n) is 3.94. The second-order valence-electron chi connectivity index (χ2n) is 10.1. The minimum atomic E-state index is -3.99. The van der Waals surface area contributed by atoms with Gasteiger partial charge in [-0.2, -0.15) is 8.42 Å². The number of para-hydroxylation sites is 1. The monoisotopic (exact) mass is 523 g/mol. The Kier molecular flexibility index (Phi) is 7.32. The maximum Gasteiger partial charge on any atom is 0.332 e. The number of hydrogen-bond acceptors (Lipinski definition) is 5. The Hall–Kier alpha value is -3.43. The van der Waals surface area contributed by atoms with Crippen molar-refractivity contribution < 1.29 is 18.3 Å². The van der Waals surface area contributed by atoms with Gasteiger partial charge in [-0.05, 0) is 47.4 Å². The van der Waals surface area contributed by atoms with Crippen molar-refractivity contribution in [2.24, 2.45) is 0 Å². The molecule has 0 atom stereocenters. The Balaban J connectivity index is 1.67. The summed E-state index contributed by atoms with van der Waals surface area (Å²) in [4.78, 5) is 0. The molecular weight excluding hydrogens is 490 g/mol. The third-order valence-electron chi connectivity index (χ3n) is 6.03. The van der Waals surface area contributed by atoms with Gasteiger partial charge in [0.25, 0.3) is 0 Å². The van der Waals surface area contributed by atoms with Gasteiger partial charge in [0.15, 0.2) is 0 Å². The molecule has 0 aromatic heterocycles. The van der Waals surface area contributed by atoms with Crippen molar-refractivity contribution in [2.75, 3.05) is 16.6 Å². The van der Waals surface area contributed by atoms with E-state index in [0.29, 0.717) is 23.5 Å². The molecule has 1 aliphatic heterocycles. The van der Waals surface area contributed by atoms with Crippen LogP contribution in [0.3, 0.4) is 0 Å². The summed E-state index contributed by atoms with van der Waals surface area (Å²) in [5, 5.41) is 10.6. The van der Waals surface area contributed by atoms with Crippen LogP contribution in [0.5, 0.6) is 5.75 Å². The van der Waals surface area contributed by atoms with Crippen LogP contribution in [0.25, 0.3) is 0 Å². The van der Waals surface area contributed by atoms with Crippen LogP contribution in [0.1, 0.15) is 16.7 Å². The third kappa shape index (κ3) is 5.85. The topological polar surface area (TPSA) is 96.1 Å². The highest BCUT2D eigenvalue weighted by Crippen LogP contribution is 2.38. The molecule has 3 N–H and O–H groups in total. The minimum Gasteiger partial charge on any atom is -0.493 e. The summed E-state index contributed by atoms with van der Waals surface area (Å²) in [5.74, 6) is 0.119. The Labute approximate surface area is 214 Å². The van der Waals surface area contributed by atoms with Crippen molar-refractivity contribution in [1.82, 2.24) is 4.31 Å². The van der Waals surface area contributed by atoms with Gasteiger partial charge in [0.1, 0.15) is 18.0 Å². The largest absolute Gasteiger partial charge is 0.493 e. The van der Waals surface area contributed by atoms with Crippen molar-refractivity contribution in [3.8, 4) is 5.75 Å². The summed E-state index contributed by atoms with van der Waals surface area (Å²) in [6.07, 6.45) is 1.82. The van der Waals surface area contributed by atoms with E-state index in [9.17, 15) is 13.5 Å². The molecule has 1 aliphatic rings. The minimum absolute atomic E-state index is 0.239. The molecule has 0 fully saturated rings. The van der Waals surface area contributed by atoms with Gasteiger partial charge in [-0.25, -0.2) is 8.61 Å². The van der Waals surface area contributed by atoms with E-state index in [1.165, 1.54) is 6.20 Å². The number of ether oxygens (including phenoxy) is 1. The molecule has 0 aliphatic carbocycles. The van der Waals surface area contributed by atoms with Gasteiger partial charge in [-0.3, -0.25) is 0 Å². The van der Waals surface area contributed by atoms with E-state index < -0.39 is 18.3 Å². The lowest BCUT2D eigenvalue weighted by molar-refractivity contribution is 0.294. The van der Waals surface area contributed by atoms with Gasteiger partial charge in [-0.1, -0.05) is 74.2 Å². The number of anilines is 2. The number of rotatable bonds is 9. The molecule has 7 nitrogen and oxygen atoms in total. The first-order valence-corrected chi connectivity index (χ1v) is 17.0. The van der Waals surface area contributed by atoms with Crippen molar-refractivity contribution >= 4 is 29.7 Å². The standard InChI is InChI=1S/C27H33N3O4SSi/c1-36(2,3)16-15-29-27(31)19-30(35(29,32)33)25-14-13-22(17-23-11-7-8-12-24(23)28)18-26(25)34-20-21-9-5-4-6-10-21/h4-14,18-19,31H,15-17,20,28H2,1-3H3. The van der Waals surface area contributed by atoms with Crippen molar-refractivity contribution in [3.63, 3.8) is 0 Å². The quantitative estimate of drug-likeness (QED) is 0.285. The molecule has 0 bridgehead atoms. The van der Waals surface area contributed by atoms with Crippen molar-refractivity contribution in [1.29, 1.82) is 0 Å². The van der Waals surface area contributed by atoms with E-state index in [-0.39, 0.29) is 19.0 Å². The summed E-state index contributed by atoms with van der Waals surface area (Å²) < 4.78 is 35.2. The van der Waals surface area contributed by atoms with Crippen LogP contribution in [0.2, 0.25) is 25.7 Å². The maximum absolute atomic E-state index is 13.5. The molecule has 0 radical (unpaired) electrons. The average Bonchev–Trinajstić information content (AvgIpc) is 3.05. The second-order valence-corrected chi connectivity index (χ2v) is 17.5. The van der Waals surface area contributed by atoms with Gasteiger partial charge in [0.2, 0.25) is 5.88 Å². The lowest BCUT2D eigenvalue weighted by atomic mass is 10.0. The van der Waals surface area contributed by atoms with Crippen LogP contribution in [0, 0.1) is 0 Å². The van der Waals surface area contributed by atoms with Crippen LogP contribution in [0.4, 0.5) is 11.4 Å². The van der Waals surface area contributed by atoms with E-state index in [2.05, 4.69) is 19.6 Å². The highest BCUT2D eigenvalue weighted by atomic mass is 32.2. The molecule has 0 unspecified atom stereocenters. The number of nitrogen functional groups attached to an aromatic ring is 1. The van der Waals surface area contributed by atoms with Crippen LogP contribution in [0.15, 0.2) is 84.9 Å². The molecule has 36 heavy (non-hydrogen) atoms. The van der Waals surface area contributed by atoms with Crippen molar-refractivity contribution in [3.05, 3.63) is 102 Å². The van der Waals surface area contributed by atoms with Gasteiger partial charge in [-0.15, -0.1) is 0 Å². The maximum atomic E-state index is 13.5. The summed E-state index contributed by atoms with van der Waals surface area (Å²) in [7, 11) is -5.52. The molecule has 4 rings (SSSR count). The Morgan fingerprint density at radius 3 is 2.33 bits per heavy atom. The molecule has 0 spiro atoms. The Morgan fingerprint density at radius 1 is 0.944 bits per heavy atom. The molecule has 3 aromatic rings. The molecule has 0 amide bonds. The third-order valence-corrected chi connectivity index (χ3v) is 9.48. The SMILES string of the molecule is C[Si](C)(C)CCN1C(O)=CN(c2ccc(Cc3ccccc3N)cc2OCc2ccccc2)S1(=O)=O. The fourth-order valence-corrected chi connectivity index (χ4v) is 6.44. The van der Waals surface area contributed by atoms with Crippen molar-refractivity contribution in [2.45, 2.75) is 38.7 Å². The smallest absolute Gasteiger partial charge is 0.332 e. The first kappa shape index (κ1) is 25.7. The lowest BCUT2D eigenvalue weighted by Crippen LogP contribution is -2.37. The number of nitrogens with zero attached hydrogens (tertiary/aromatic N) is 2. The number of nitrogens with two attached hydrogens (primary N) is 1. The van der Waals surface area contributed by atoms with Crippen LogP contribution < -0.4 is 14.8 Å². The van der Waals surface area contributed by atoms with E-state index >= 15 is 0 Å². The second kappa shape index (κ2) is 10.3. The number of aliphatic hydroxyl groups is 1. The van der Waals surface area contributed by atoms with E-state index in [4.69, 9.17) is 10.5 Å². The summed E-state index contributed by atoms with van der Waals surface area (Å²) in [6, 6.07) is 23.5. The molecule has 190 valence electrons. The summed E-state index contributed by atoms with van der Waals surface area (Å²) in [6.45, 7) is 7.02. The lowest BCUT2D eigenvalue weighted by Gasteiger charge is -2.25. The molecule has 3 aromatic carbocycles. The molecular formula is C27H33N3O4SSi. The molecule has 9 heteroatoms.